The summed E-state index contributed by atoms with van der Waals surface area (Å²) in [5.41, 5.74) is 5.60. The highest BCUT2D eigenvalue weighted by Crippen LogP contribution is 2.08. The second kappa shape index (κ2) is 7.32. The predicted octanol–water partition coefficient (Wildman–Crippen LogP) is 1.44. The van der Waals surface area contributed by atoms with Crippen molar-refractivity contribution in [3.63, 3.8) is 0 Å². The molecule has 0 radical (unpaired) electrons. The van der Waals surface area contributed by atoms with Crippen LogP contribution in [0.25, 0.3) is 0 Å². The minimum atomic E-state index is 0. The Kier molecular flexibility index (Phi) is 9.40. The van der Waals surface area contributed by atoms with Crippen molar-refractivity contribution in [2.24, 2.45) is 5.73 Å². The van der Waals surface area contributed by atoms with Crippen LogP contribution in [0.2, 0.25) is 0 Å². The van der Waals surface area contributed by atoms with Gasteiger partial charge in [0.05, 0.1) is 6.17 Å². The molecule has 1 heterocycles. The highest BCUT2D eigenvalue weighted by Gasteiger charge is 2.14. The lowest BCUT2D eigenvalue weighted by atomic mass is 10.3. The molecular weight excluding hydrogens is 148 g/mol. The van der Waals surface area contributed by atoms with E-state index in [1.54, 1.807) is 0 Å². The Morgan fingerprint density at radius 1 is 1.40 bits per heavy atom. The van der Waals surface area contributed by atoms with Crippen LogP contribution in [0.4, 0.5) is 0 Å². The van der Waals surface area contributed by atoms with E-state index in [9.17, 15) is 0 Å². The lowest BCUT2D eigenvalue weighted by Crippen LogP contribution is -2.32. The maximum atomic E-state index is 5.60. The number of nitrogens with two attached hydrogens (primary N) is 1. The van der Waals surface area contributed by atoms with Gasteiger partial charge in [0.25, 0.3) is 0 Å². The van der Waals surface area contributed by atoms with E-state index in [2.05, 4.69) is 11.9 Å². The van der Waals surface area contributed by atoms with Gasteiger partial charge in [0.1, 0.15) is 0 Å². The Morgan fingerprint density at radius 3 is 2.00 bits per heavy atom. The van der Waals surface area contributed by atoms with Crippen molar-refractivity contribution in [2.45, 2.75) is 32.9 Å². The minimum Gasteiger partial charge on any atom is -0.316 e. The van der Waals surface area contributed by atoms with Gasteiger partial charge in [-0.2, -0.15) is 0 Å². The second-order valence-electron chi connectivity index (χ2n) is 2.19. The van der Waals surface area contributed by atoms with Gasteiger partial charge >= 0.3 is 0 Å². The molecule has 3 heteroatoms. The molecule has 0 aromatic carbocycles. The SMILES string of the molecule is CC.CN1CCCC1N.Cl. The molecule has 1 unspecified atom stereocenters. The van der Waals surface area contributed by atoms with Crippen LogP contribution in [0.1, 0.15) is 26.7 Å². The molecule has 0 bridgehead atoms. The molecule has 1 fully saturated rings. The maximum Gasteiger partial charge on any atom is 0.0569 e. The van der Waals surface area contributed by atoms with E-state index in [1.165, 1.54) is 19.4 Å². The maximum absolute atomic E-state index is 5.60. The summed E-state index contributed by atoms with van der Waals surface area (Å²) in [5.74, 6) is 0. The van der Waals surface area contributed by atoms with Gasteiger partial charge in [-0.25, -0.2) is 0 Å². The molecule has 2 nitrogen and oxygen atoms in total. The zero-order valence-corrected chi connectivity index (χ0v) is 7.95. The first-order valence-electron chi connectivity index (χ1n) is 3.76. The number of halogens is 1. The summed E-state index contributed by atoms with van der Waals surface area (Å²) >= 11 is 0. The highest BCUT2D eigenvalue weighted by molar-refractivity contribution is 5.85. The fourth-order valence-electron chi connectivity index (χ4n) is 0.936. The summed E-state index contributed by atoms with van der Waals surface area (Å²) in [5, 5.41) is 0. The fourth-order valence-corrected chi connectivity index (χ4v) is 0.936. The third-order valence-electron chi connectivity index (χ3n) is 1.58. The second-order valence-corrected chi connectivity index (χ2v) is 2.19. The molecule has 0 amide bonds. The number of rotatable bonds is 0. The van der Waals surface area contributed by atoms with Crippen molar-refractivity contribution in [1.29, 1.82) is 0 Å². The van der Waals surface area contributed by atoms with Gasteiger partial charge in [-0.15, -0.1) is 12.4 Å². The molecule has 0 aliphatic carbocycles. The van der Waals surface area contributed by atoms with E-state index in [4.69, 9.17) is 5.73 Å². The lowest BCUT2D eigenvalue weighted by molar-refractivity contribution is 0.318. The average molecular weight is 167 g/mol. The molecule has 0 aromatic rings. The van der Waals surface area contributed by atoms with Crippen molar-refractivity contribution in [3.8, 4) is 0 Å². The topological polar surface area (TPSA) is 29.3 Å². The standard InChI is InChI=1S/C5H12N2.C2H6.ClH/c1-7-4-2-3-5(7)6;1-2;/h5H,2-4,6H2,1H3;1-2H3;1H. The van der Waals surface area contributed by atoms with Gasteiger partial charge in [0.2, 0.25) is 0 Å². The van der Waals surface area contributed by atoms with Gasteiger partial charge in [-0.1, -0.05) is 13.8 Å². The van der Waals surface area contributed by atoms with Crippen LogP contribution < -0.4 is 5.73 Å². The molecule has 1 atom stereocenters. The summed E-state index contributed by atoms with van der Waals surface area (Å²) < 4.78 is 0. The summed E-state index contributed by atoms with van der Waals surface area (Å²) in [6, 6.07) is 0. The van der Waals surface area contributed by atoms with Crippen LogP contribution in [-0.4, -0.2) is 24.7 Å². The summed E-state index contributed by atoms with van der Waals surface area (Å²) in [6.07, 6.45) is 2.80. The Balaban J connectivity index is 0. The van der Waals surface area contributed by atoms with Gasteiger partial charge in [0.15, 0.2) is 0 Å². The largest absolute Gasteiger partial charge is 0.316 e. The summed E-state index contributed by atoms with van der Waals surface area (Å²) in [4.78, 5) is 2.18. The predicted molar refractivity (Wildman–Crippen MR) is 48.4 cm³/mol. The first-order valence-corrected chi connectivity index (χ1v) is 3.76. The quantitative estimate of drug-likeness (QED) is 0.590. The van der Waals surface area contributed by atoms with Gasteiger partial charge in [0, 0.05) is 0 Å². The lowest BCUT2D eigenvalue weighted by Gasteiger charge is -2.12. The van der Waals surface area contributed by atoms with E-state index >= 15 is 0 Å². The zero-order chi connectivity index (χ0) is 7.28. The van der Waals surface area contributed by atoms with Crippen molar-refractivity contribution >= 4 is 12.4 Å². The normalized spacial score (nSPS) is 24.6. The van der Waals surface area contributed by atoms with Crippen molar-refractivity contribution < 1.29 is 0 Å². The van der Waals surface area contributed by atoms with E-state index in [1.807, 2.05) is 13.8 Å². The molecule has 0 saturated carbocycles. The van der Waals surface area contributed by atoms with Crippen LogP contribution in [0.5, 0.6) is 0 Å². The van der Waals surface area contributed by atoms with Crippen molar-refractivity contribution in [2.75, 3.05) is 13.6 Å². The number of nitrogens with zero attached hydrogens (tertiary/aromatic N) is 1. The number of hydrogen-bond donors (Lipinski definition) is 1. The number of hydrogen-bond acceptors (Lipinski definition) is 2. The average Bonchev–Trinajstić information content (AvgIpc) is 2.23. The molecule has 0 aromatic heterocycles. The fraction of sp³-hybridized carbons (Fsp3) is 1.00. The van der Waals surface area contributed by atoms with E-state index in [-0.39, 0.29) is 12.4 Å². The molecule has 2 N–H and O–H groups in total. The third kappa shape index (κ3) is 4.09. The molecule has 1 saturated heterocycles. The highest BCUT2D eigenvalue weighted by atomic mass is 35.5. The van der Waals surface area contributed by atoms with Crippen molar-refractivity contribution in [1.82, 2.24) is 4.90 Å². The van der Waals surface area contributed by atoms with Crippen LogP contribution in [0.3, 0.4) is 0 Å². The zero-order valence-electron chi connectivity index (χ0n) is 7.13. The first-order chi connectivity index (χ1) is 4.30. The van der Waals surface area contributed by atoms with Crippen molar-refractivity contribution in [3.05, 3.63) is 0 Å². The molecule has 10 heavy (non-hydrogen) atoms. The number of likely N-dealkylation sites (tertiary alicyclic amines) is 1. The monoisotopic (exact) mass is 166 g/mol. The molecule has 64 valence electrons. The Labute approximate surface area is 70.2 Å². The molecule has 1 aliphatic rings. The molecule has 0 spiro atoms. The Morgan fingerprint density at radius 2 is 1.90 bits per heavy atom. The van der Waals surface area contributed by atoms with E-state index in [0.29, 0.717) is 6.17 Å². The van der Waals surface area contributed by atoms with Gasteiger partial charge in [-0.05, 0) is 26.4 Å². The van der Waals surface area contributed by atoms with Gasteiger partial charge < -0.3 is 5.73 Å². The summed E-state index contributed by atoms with van der Waals surface area (Å²) in [6.45, 7) is 5.18. The summed E-state index contributed by atoms with van der Waals surface area (Å²) in [7, 11) is 2.07. The van der Waals surface area contributed by atoms with Crippen LogP contribution in [-0.2, 0) is 0 Å². The molecule has 1 rings (SSSR count). The van der Waals surface area contributed by atoms with Crippen LogP contribution >= 0.6 is 12.4 Å². The third-order valence-corrected chi connectivity index (χ3v) is 1.58. The van der Waals surface area contributed by atoms with Crippen LogP contribution in [0.15, 0.2) is 0 Å². The Bertz CT molecular complexity index is 60.6. The molecular formula is C7H19ClN2. The minimum absolute atomic E-state index is 0. The Hall–Kier alpha value is 0.210. The van der Waals surface area contributed by atoms with Gasteiger partial charge in [-0.3, -0.25) is 4.90 Å². The van der Waals surface area contributed by atoms with E-state index in [0.717, 1.165) is 0 Å². The van der Waals surface area contributed by atoms with E-state index < -0.39 is 0 Å². The smallest absolute Gasteiger partial charge is 0.0569 e. The first kappa shape index (κ1) is 12.8. The van der Waals surface area contributed by atoms with Crippen LogP contribution in [0, 0.1) is 0 Å². The molecule has 1 aliphatic heterocycles.